The second-order valence-corrected chi connectivity index (χ2v) is 7.15. The third-order valence-corrected chi connectivity index (χ3v) is 4.62. The van der Waals surface area contributed by atoms with Crippen molar-refractivity contribution in [3.05, 3.63) is 60.2 Å². The Morgan fingerprint density at radius 2 is 1.20 bits per heavy atom. The normalized spacial score (nSPS) is 10.4. The molecule has 0 unspecified atom stereocenters. The Kier molecular flexibility index (Phi) is 11.1. The Hall–Kier alpha value is -2.82. The summed E-state index contributed by atoms with van der Waals surface area (Å²) in [6.07, 6.45) is 6.81. The van der Waals surface area contributed by atoms with E-state index in [1.54, 1.807) is 0 Å². The summed E-state index contributed by atoms with van der Waals surface area (Å²) in [5.74, 6) is 1.26. The molecule has 0 atom stereocenters. The number of unbranched alkanes of at least 4 members (excludes halogenated alkanes) is 5. The van der Waals surface area contributed by atoms with Gasteiger partial charge in [0.15, 0.2) is 0 Å². The maximum atomic E-state index is 11.9. The Bertz CT molecular complexity index is 740. The minimum Gasteiger partial charge on any atom is -0.466 e. The van der Waals surface area contributed by atoms with Crippen LogP contribution in [-0.2, 0) is 25.7 Å². The molecular weight excluding hydrogens is 380 g/mol. The van der Waals surface area contributed by atoms with Crippen molar-refractivity contribution in [3.8, 4) is 11.5 Å². The lowest BCUT2D eigenvalue weighted by Crippen LogP contribution is -2.04. The van der Waals surface area contributed by atoms with Crippen LogP contribution in [0.3, 0.4) is 0 Å². The van der Waals surface area contributed by atoms with Crippen molar-refractivity contribution in [1.29, 1.82) is 0 Å². The van der Waals surface area contributed by atoms with E-state index in [4.69, 9.17) is 14.2 Å². The number of carbonyl (C=O) groups excluding carboxylic acids is 2. The Morgan fingerprint density at radius 1 is 0.667 bits per heavy atom. The number of benzene rings is 2. The molecule has 0 heterocycles. The monoisotopic (exact) mass is 412 g/mol. The molecule has 0 amide bonds. The van der Waals surface area contributed by atoms with Gasteiger partial charge in [0.2, 0.25) is 0 Å². The van der Waals surface area contributed by atoms with Crippen LogP contribution in [0.25, 0.3) is 0 Å². The van der Waals surface area contributed by atoms with E-state index in [0.717, 1.165) is 55.6 Å². The zero-order valence-electron chi connectivity index (χ0n) is 17.8. The molecule has 2 aromatic carbocycles. The van der Waals surface area contributed by atoms with Gasteiger partial charge >= 0.3 is 11.9 Å². The van der Waals surface area contributed by atoms with Gasteiger partial charge in [0, 0.05) is 12.8 Å². The summed E-state index contributed by atoms with van der Waals surface area (Å²) in [7, 11) is 0. The molecule has 0 radical (unpaired) electrons. The first-order valence-corrected chi connectivity index (χ1v) is 10.8. The van der Waals surface area contributed by atoms with Gasteiger partial charge in [-0.15, -0.1) is 0 Å². The fraction of sp³-hybridized carbons (Fsp3) is 0.440. The minimum atomic E-state index is -0.165. The van der Waals surface area contributed by atoms with Crippen molar-refractivity contribution < 1.29 is 23.8 Å². The highest BCUT2D eigenvalue weighted by Crippen LogP contribution is 2.21. The zero-order chi connectivity index (χ0) is 21.4. The molecule has 5 heteroatoms. The molecular formula is C25H32O5. The van der Waals surface area contributed by atoms with E-state index in [2.05, 4.69) is 0 Å². The second kappa shape index (κ2) is 14.2. The summed E-state index contributed by atoms with van der Waals surface area (Å²) in [4.78, 5) is 23.1. The van der Waals surface area contributed by atoms with Crippen molar-refractivity contribution >= 4 is 11.9 Å². The minimum absolute atomic E-state index is 0.112. The van der Waals surface area contributed by atoms with Gasteiger partial charge < -0.3 is 14.2 Å². The van der Waals surface area contributed by atoms with Crippen LogP contribution in [0.5, 0.6) is 11.5 Å². The number of hydrogen-bond acceptors (Lipinski definition) is 5. The highest BCUT2D eigenvalue weighted by Gasteiger charge is 2.05. The van der Waals surface area contributed by atoms with Gasteiger partial charge in [0.05, 0.1) is 6.61 Å². The number of carbonyl (C=O) groups is 2. The number of esters is 2. The van der Waals surface area contributed by atoms with Crippen molar-refractivity contribution in [2.75, 3.05) is 6.61 Å². The zero-order valence-corrected chi connectivity index (χ0v) is 17.8. The van der Waals surface area contributed by atoms with Gasteiger partial charge in [-0.05, 0) is 49.6 Å². The lowest BCUT2D eigenvalue weighted by molar-refractivity contribution is -0.145. The van der Waals surface area contributed by atoms with Gasteiger partial charge in [-0.25, -0.2) is 0 Å². The standard InChI is InChI=1S/C25H32O5/c1-2-28-24(26)14-10-5-3-4-6-11-15-25(27)29-20-21-16-18-23(19-17-21)30-22-12-8-7-9-13-22/h7-9,12-13,16-19H,2-6,10-11,14-15,20H2,1H3. The third kappa shape index (κ3) is 10.1. The molecule has 2 aromatic rings. The van der Waals surface area contributed by atoms with Gasteiger partial charge in [-0.3, -0.25) is 9.59 Å². The summed E-state index contributed by atoms with van der Waals surface area (Å²) in [5.41, 5.74) is 0.936. The average Bonchev–Trinajstić information content (AvgIpc) is 2.76. The van der Waals surface area contributed by atoms with Crippen molar-refractivity contribution in [3.63, 3.8) is 0 Å². The Balaban J connectivity index is 1.51. The van der Waals surface area contributed by atoms with E-state index >= 15 is 0 Å². The van der Waals surface area contributed by atoms with Crippen LogP contribution in [0.15, 0.2) is 54.6 Å². The first kappa shape index (κ1) is 23.5. The van der Waals surface area contributed by atoms with Gasteiger partial charge in [-0.1, -0.05) is 56.0 Å². The average molecular weight is 413 g/mol. The molecule has 0 aliphatic carbocycles. The molecule has 2 rings (SSSR count). The van der Waals surface area contributed by atoms with Crippen LogP contribution >= 0.6 is 0 Å². The largest absolute Gasteiger partial charge is 0.466 e. The van der Waals surface area contributed by atoms with Crippen LogP contribution in [0.2, 0.25) is 0 Å². The van der Waals surface area contributed by atoms with Crippen molar-refractivity contribution in [1.82, 2.24) is 0 Å². The van der Waals surface area contributed by atoms with Gasteiger partial charge in [-0.2, -0.15) is 0 Å². The fourth-order valence-electron chi connectivity index (χ4n) is 2.99. The third-order valence-electron chi connectivity index (χ3n) is 4.62. The molecule has 0 aliphatic rings. The van der Waals surface area contributed by atoms with E-state index in [0.29, 0.717) is 19.4 Å². The summed E-state index contributed by atoms with van der Waals surface area (Å²) in [5, 5.41) is 0. The maximum Gasteiger partial charge on any atom is 0.306 e. The van der Waals surface area contributed by atoms with Gasteiger partial charge in [0.1, 0.15) is 18.1 Å². The van der Waals surface area contributed by atoms with E-state index in [9.17, 15) is 9.59 Å². The van der Waals surface area contributed by atoms with Crippen molar-refractivity contribution in [2.45, 2.75) is 64.9 Å². The molecule has 0 aromatic heterocycles. The molecule has 30 heavy (non-hydrogen) atoms. The maximum absolute atomic E-state index is 11.9. The number of para-hydroxylation sites is 1. The molecule has 0 N–H and O–H groups in total. The lowest BCUT2D eigenvalue weighted by Gasteiger charge is -2.08. The predicted octanol–water partition coefficient (Wildman–Crippen LogP) is 6.21. The van der Waals surface area contributed by atoms with E-state index in [1.807, 2.05) is 61.5 Å². The topological polar surface area (TPSA) is 61.8 Å². The van der Waals surface area contributed by atoms with E-state index in [1.165, 1.54) is 0 Å². The first-order chi connectivity index (χ1) is 14.7. The highest BCUT2D eigenvalue weighted by atomic mass is 16.5. The van der Waals surface area contributed by atoms with Crippen molar-refractivity contribution in [2.24, 2.45) is 0 Å². The molecule has 0 bridgehead atoms. The molecule has 0 fully saturated rings. The Morgan fingerprint density at radius 3 is 1.80 bits per heavy atom. The van der Waals surface area contributed by atoms with Crippen LogP contribution in [0.1, 0.15) is 63.9 Å². The summed E-state index contributed by atoms with van der Waals surface area (Å²) in [6.45, 7) is 2.54. The smallest absolute Gasteiger partial charge is 0.306 e. The Labute approximate surface area is 179 Å². The number of rotatable bonds is 14. The van der Waals surface area contributed by atoms with E-state index in [-0.39, 0.29) is 18.5 Å². The molecule has 0 saturated carbocycles. The molecule has 162 valence electrons. The van der Waals surface area contributed by atoms with E-state index < -0.39 is 0 Å². The fourth-order valence-corrected chi connectivity index (χ4v) is 2.99. The predicted molar refractivity (Wildman–Crippen MR) is 116 cm³/mol. The summed E-state index contributed by atoms with van der Waals surface area (Å²) >= 11 is 0. The van der Waals surface area contributed by atoms with Gasteiger partial charge in [0.25, 0.3) is 0 Å². The molecule has 0 spiro atoms. The summed E-state index contributed by atoms with van der Waals surface area (Å²) in [6, 6.07) is 17.2. The highest BCUT2D eigenvalue weighted by molar-refractivity contribution is 5.69. The molecule has 0 saturated heterocycles. The van der Waals surface area contributed by atoms with Crippen LogP contribution in [0, 0.1) is 0 Å². The van der Waals surface area contributed by atoms with Crippen LogP contribution in [0.4, 0.5) is 0 Å². The summed E-state index contributed by atoms with van der Waals surface area (Å²) < 4.78 is 16.0. The quantitative estimate of drug-likeness (QED) is 0.273. The van der Waals surface area contributed by atoms with Crippen LogP contribution in [-0.4, -0.2) is 18.5 Å². The second-order valence-electron chi connectivity index (χ2n) is 7.15. The molecule has 0 aliphatic heterocycles. The number of hydrogen-bond donors (Lipinski definition) is 0. The molecule has 5 nitrogen and oxygen atoms in total. The first-order valence-electron chi connectivity index (χ1n) is 10.8. The van der Waals surface area contributed by atoms with Crippen LogP contribution < -0.4 is 4.74 Å². The number of ether oxygens (including phenoxy) is 3. The lowest BCUT2D eigenvalue weighted by atomic mass is 10.1. The SMILES string of the molecule is CCOC(=O)CCCCCCCCC(=O)OCc1ccc(Oc2ccccc2)cc1.